The third-order valence-corrected chi connectivity index (χ3v) is 4.30. The van der Waals surface area contributed by atoms with Crippen LogP contribution in [0.4, 0.5) is 0 Å². The molecule has 1 amide bonds. The van der Waals surface area contributed by atoms with Crippen molar-refractivity contribution in [3.63, 3.8) is 0 Å². The van der Waals surface area contributed by atoms with Crippen molar-refractivity contribution in [2.24, 2.45) is 0 Å². The van der Waals surface area contributed by atoms with Gasteiger partial charge in [-0.05, 0) is 24.1 Å². The van der Waals surface area contributed by atoms with Gasteiger partial charge < -0.3 is 9.64 Å². The van der Waals surface area contributed by atoms with Crippen LogP contribution in [0.3, 0.4) is 0 Å². The Hall–Kier alpha value is -2.33. The quantitative estimate of drug-likeness (QED) is 0.848. The molecule has 0 atom stereocenters. The number of rotatable bonds is 5. The van der Waals surface area contributed by atoms with E-state index in [-0.39, 0.29) is 12.5 Å². The summed E-state index contributed by atoms with van der Waals surface area (Å²) in [5, 5.41) is 0. The molecule has 1 heterocycles. The minimum Gasteiger partial charge on any atom is -0.484 e. The summed E-state index contributed by atoms with van der Waals surface area (Å²) in [6.07, 6.45) is 1.00. The van der Waals surface area contributed by atoms with Gasteiger partial charge in [-0.2, -0.15) is 0 Å². The number of benzene rings is 2. The van der Waals surface area contributed by atoms with Crippen LogP contribution in [0.5, 0.6) is 5.75 Å². The Bertz CT molecular complexity index is 631. The largest absolute Gasteiger partial charge is 0.484 e. The highest BCUT2D eigenvalue weighted by Gasteiger charge is 2.19. The molecule has 0 spiro atoms. The number of carbonyl (C=O) groups excluding carboxylic acids is 1. The number of hydrogen-bond acceptors (Lipinski definition) is 3. The molecule has 0 saturated carbocycles. The van der Waals surface area contributed by atoms with Crippen LogP contribution in [-0.2, 0) is 11.3 Å². The smallest absolute Gasteiger partial charge is 0.260 e. The molecule has 1 saturated heterocycles. The number of ether oxygens (including phenoxy) is 1. The fraction of sp³-hybridized carbons (Fsp3) is 0.350. The van der Waals surface area contributed by atoms with Crippen LogP contribution in [0.25, 0.3) is 0 Å². The van der Waals surface area contributed by atoms with Crippen molar-refractivity contribution in [2.75, 3.05) is 32.8 Å². The summed E-state index contributed by atoms with van der Waals surface area (Å²) in [6.45, 7) is 4.57. The lowest BCUT2D eigenvalue weighted by atomic mass is 10.2. The van der Waals surface area contributed by atoms with Gasteiger partial charge in [0, 0.05) is 32.7 Å². The maximum absolute atomic E-state index is 12.4. The summed E-state index contributed by atoms with van der Waals surface area (Å²) in [6, 6.07) is 20.0. The second-order valence-corrected chi connectivity index (χ2v) is 6.10. The van der Waals surface area contributed by atoms with E-state index >= 15 is 0 Å². The van der Waals surface area contributed by atoms with Crippen LogP contribution in [0, 0.1) is 0 Å². The van der Waals surface area contributed by atoms with E-state index in [0.717, 1.165) is 44.9 Å². The van der Waals surface area contributed by atoms with Gasteiger partial charge in [0.05, 0.1) is 0 Å². The van der Waals surface area contributed by atoms with Gasteiger partial charge in [0.25, 0.3) is 5.91 Å². The zero-order valence-electron chi connectivity index (χ0n) is 13.9. The summed E-state index contributed by atoms with van der Waals surface area (Å²) < 4.78 is 5.58. The second-order valence-electron chi connectivity index (χ2n) is 6.10. The van der Waals surface area contributed by atoms with E-state index in [2.05, 4.69) is 29.2 Å². The summed E-state index contributed by atoms with van der Waals surface area (Å²) in [4.78, 5) is 16.7. The first-order valence-electron chi connectivity index (χ1n) is 8.53. The number of carbonyl (C=O) groups is 1. The molecule has 0 radical (unpaired) electrons. The van der Waals surface area contributed by atoms with Crippen molar-refractivity contribution >= 4 is 5.91 Å². The molecule has 1 aliphatic rings. The zero-order chi connectivity index (χ0) is 16.6. The van der Waals surface area contributed by atoms with Crippen LogP contribution in [0.2, 0.25) is 0 Å². The normalized spacial score (nSPS) is 15.8. The van der Waals surface area contributed by atoms with Crippen molar-refractivity contribution < 1.29 is 9.53 Å². The number of hydrogen-bond donors (Lipinski definition) is 0. The standard InChI is InChI=1S/C20H24N2O2/c23-20(17-24-19-10-5-2-6-11-19)22-13-7-12-21(14-15-22)16-18-8-3-1-4-9-18/h1-6,8-11H,7,12-17H2. The van der Waals surface area contributed by atoms with Crippen molar-refractivity contribution in [1.29, 1.82) is 0 Å². The topological polar surface area (TPSA) is 32.8 Å². The molecule has 126 valence electrons. The number of amides is 1. The molecule has 4 heteroatoms. The lowest BCUT2D eigenvalue weighted by Crippen LogP contribution is -2.38. The van der Waals surface area contributed by atoms with Gasteiger partial charge in [-0.25, -0.2) is 0 Å². The van der Waals surface area contributed by atoms with Crippen LogP contribution >= 0.6 is 0 Å². The highest BCUT2D eigenvalue weighted by atomic mass is 16.5. The molecule has 3 rings (SSSR count). The molecule has 1 fully saturated rings. The Balaban J connectivity index is 1.47. The number of nitrogens with zero attached hydrogens (tertiary/aromatic N) is 2. The fourth-order valence-corrected chi connectivity index (χ4v) is 2.97. The molecule has 0 aliphatic carbocycles. The summed E-state index contributed by atoms with van der Waals surface area (Å²) in [5.41, 5.74) is 1.32. The van der Waals surface area contributed by atoms with E-state index in [1.165, 1.54) is 5.56 Å². The molecular formula is C20H24N2O2. The Morgan fingerprint density at radius 1 is 0.875 bits per heavy atom. The van der Waals surface area contributed by atoms with Crippen LogP contribution in [-0.4, -0.2) is 48.5 Å². The van der Waals surface area contributed by atoms with Gasteiger partial charge in [-0.3, -0.25) is 9.69 Å². The minimum atomic E-state index is 0.0698. The third-order valence-electron chi connectivity index (χ3n) is 4.30. The highest BCUT2D eigenvalue weighted by molar-refractivity contribution is 5.77. The Morgan fingerprint density at radius 2 is 1.58 bits per heavy atom. The van der Waals surface area contributed by atoms with Crippen molar-refractivity contribution in [3.8, 4) is 5.75 Å². The Morgan fingerprint density at radius 3 is 2.33 bits per heavy atom. The monoisotopic (exact) mass is 324 g/mol. The average molecular weight is 324 g/mol. The summed E-state index contributed by atoms with van der Waals surface area (Å²) >= 11 is 0. The van der Waals surface area contributed by atoms with Gasteiger partial charge in [0.2, 0.25) is 0 Å². The Kier molecular flexibility index (Phi) is 5.85. The van der Waals surface area contributed by atoms with E-state index in [9.17, 15) is 4.79 Å². The van der Waals surface area contributed by atoms with Gasteiger partial charge in [0.1, 0.15) is 5.75 Å². The molecule has 24 heavy (non-hydrogen) atoms. The van der Waals surface area contributed by atoms with Crippen molar-refractivity contribution in [3.05, 3.63) is 66.2 Å². The van der Waals surface area contributed by atoms with Crippen molar-refractivity contribution in [2.45, 2.75) is 13.0 Å². The molecule has 1 aliphatic heterocycles. The predicted molar refractivity (Wildman–Crippen MR) is 94.9 cm³/mol. The van der Waals surface area contributed by atoms with E-state index in [0.29, 0.717) is 0 Å². The molecule has 0 bridgehead atoms. The first-order chi connectivity index (χ1) is 11.8. The Labute approximate surface area is 143 Å². The van der Waals surface area contributed by atoms with Crippen molar-refractivity contribution in [1.82, 2.24) is 9.80 Å². The van der Waals surface area contributed by atoms with Crippen LogP contribution in [0.1, 0.15) is 12.0 Å². The van der Waals surface area contributed by atoms with Gasteiger partial charge in [-0.15, -0.1) is 0 Å². The first-order valence-corrected chi connectivity index (χ1v) is 8.53. The molecular weight excluding hydrogens is 300 g/mol. The lowest BCUT2D eigenvalue weighted by Gasteiger charge is -2.22. The minimum absolute atomic E-state index is 0.0698. The second kappa shape index (κ2) is 8.50. The first kappa shape index (κ1) is 16.5. The summed E-state index contributed by atoms with van der Waals surface area (Å²) in [5.74, 6) is 0.812. The highest BCUT2D eigenvalue weighted by Crippen LogP contribution is 2.11. The molecule has 2 aromatic rings. The molecule has 0 N–H and O–H groups in total. The van der Waals surface area contributed by atoms with E-state index < -0.39 is 0 Å². The number of para-hydroxylation sites is 1. The third kappa shape index (κ3) is 4.83. The van der Waals surface area contributed by atoms with Gasteiger partial charge in [0.15, 0.2) is 6.61 Å². The fourth-order valence-electron chi connectivity index (χ4n) is 2.97. The van der Waals surface area contributed by atoms with E-state index in [4.69, 9.17) is 4.74 Å². The van der Waals surface area contributed by atoms with Gasteiger partial charge >= 0.3 is 0 Å². The molecule has 0 aromatic heterocycles. The maximum Gasteiger partial charge on any atom is 0.260 e. The van der Waals surface area contributed by atoms with E-state index in [1.54, 1.807) is 0 Å². The molecule has 0 unspecified atom stereocenters. The lowest BCUT2D eigenvalue weighted by molar-refractivity contribution is -0.133. The van der Waals surface area contributed by atoms with Gasteiger partial charge in [-0.1, -0.05) is 48.5 Å². The maximum atomic E-state index is 12.4. The summed E-state index contributed by atoms with van der Waals surface area (Å²) in [7, 11) is 0. The predicted octanol–water partition coefficient (Wildman–Crippen LogP) is 2.80. The molecule has 4 nitrogen and oxygen atoms in total. The zero-order valence-corrected chi connectivity index (χ0v) is 13.9. The van der Waals surface area contributed by atoms with E-state index in [1.807, 2.05) is 41.3 Å². The molecule has 2 aromatic carbocycles. The average Bonchev–Trinajstić information content (AvgIpc) is 2.87. The van der Waals surface area contributed by atoms with Crippen LogP contribution < -0.4 is 4.74 Å². The van der Waals surface area contributed by atoms with Crippen LogP contribution in [0.15, 0.2) is 60.7 Å². The SMILES string of the molecule is O=C(COc1ccccc1)N1CCCN(Cc2ccccc2)CC1.